The molecule has 1 aromatic heterocycles. The largest absolute Gasteiger partial charge is 0.393 e. The molecule has 1 spiro atoms. The van der Waals surface area contributed by atoms with Crippen LogP contribution >= 0.6 is 0 Å². The van der Waals surface area contributed by atoms with Gasteiger partial charge in [0.05, 0.1) is 17.1 Å². The molecule has 2 fully saturated rings. The fraction of sp³-hybridized carbons (Fsp3) is 0.579. The minimum atomic E-state index is -0.255. The molecule has 1 saturated heterocycles. The summed E-state index contributed by atoms with van der Waals surface area (Å²) in [5.74, 6) is 1.13. The third-order valence-electron chi connectivity index (χ3n) is 5.80. The molecule has 4 rings (SSSR count). The van der Waals surface area contributed by atoms with Crippen LogP contribution in [0.3, 0.4) is 0 Å². The molecule has 1 amide bonds. The lowest BCUT2D eigenvalue weighted by molar-refractivity contribution is -0.150. The lowest BCUT2D eigenvalue weighted by Gasteiger charge is -2.54. The number of benzene rings is 1. The number of piperidine rings is 1. The second-order valence-electron chi connectivity index (χ2n) is 7.23. The molecular formula is C19H25N3O2. The fourth-order valence-corrected chi connectivity index (χ4v) is 4.41. The van der Waals surface area contributed by atoms with Crippen molar-refractivity contribution in [1.29, 1.82) is 0 Å². The summed E-state index contributed by atoms with van der Waals surface area (Å²) < 4.78 is 2.06. The molecule has 1 unspecified atom stereocenters. The van der Waals surface area contributed by atoms with Crippen molar-refractivity contribution in [3.05, 3.63) is 30.1 Å². The molecule has 1 atom stereocenters. The van der Waals surface area contributed by atoms with E-state index in [1.165, 1.54) is 0 Å². The van der Waals surface area contributed by atoms with E-state index in [2.05, 4.69) is 21.4 Å². The Morgan fingerprint density at radius 2 is 2.17 bits per heavy atom. The first-order valence-electron chi connectivity index (χ1n) is 9.06. The topological polar surface area (TPSA) is 58.4 Å². The predicted molar refractivity (Wildman–Crippen MR) is 92.6 cm³/mol. The highest BCUT2D eigenvalue weighted by Crippen LogP contribution is 2.44. The average Bonchev–Trinajstić information content (AvgIpc) is 2.91. The van der Waals surface area contributed by atoms with E-state index in [0.29, 0.717) is 19.5 Å². The molecule has 1 saturated carbocycles. The summed E-state index contributed by atoms with van der Waals surface area (Å²) in [5.41, 5.74) is 1.90. The number of aliphatic hydroxyl groups excluding tert-OH is 1. The number of fused-ring (bicyclic) bond motifs is 1. The van der Waals surface area contributed by atoms with Crippen LogP contribution in [0.15, 0.2) is 24.3 Å². The first-order chi connectivity index (χ1) is 11.6. The number of para-hydroxylation sites is 2. The Bertz CT molecular complexity index is 763. The molecular weight excluding hydrogens is 302 g/mol. The van der Waals surface area contributed by atoms with Crippen molar-refractivity contribution in [1.82, 2.24) is 14.5 Å². The molecule has 2 aliphatic rings. The van der Waals surface area contributed by atoms with Crippen molar-refractivity contribution in [2.45, 2.75) is 63.6 Å². The third-order valence-corrected chi connectivity index (χ3v) is 5.80. The van der Waals surface area contributed by atoms with Crippen molar-refractivity contribution >= 4 is 16.9 Å². The Labute approximate surface area is 142 Å². The van der Waals surface area contributed by atoms with E-state index in [1.54, 1.807) is 0 Å². The molecule has 2 aromatic rings. The van der Waals surface area contributed by atoms with Crippen LogP contribution in [0.4, 0.5) is 0 Å². The monoisotopic (exact) mass is 327 g/mol. The Hall–Kier alpha value is -1.88. The van der Waals surface area contributed by atoms with Crippen molar-refractivity contribution in [2.24, 2.45) is 0 Å². The van der Waals surface area contributed by atoms with Gasteiger partial charge in [0, 0.05) is 18.5 Å². The van der Waals surface area contributed by atoms with Crippen LogP contribution in [-0.2, 0) is 17.8 Å². The number of imidazole rings is 1. The standard InChI is InChI=1S/C19H25N3O2/c1-2-17-20-15-6-3-4-7-16(15)21(17)13-18(24)22-11-8-14(23)12-19(22)9-5-10-19/h3-4,6-7,14,23H,2,5,8-13H2,1H3. The minimum Gasteiger partial charge on any atom is -0.393 e. The molecule has 1 aliphatic carbocycles. The van der Waals surface area contributed by atoms with E-state index in [-0.39, 0.29) is 17.6 Å². The summed E-state index contributed by atoms with van der Waals surface area (Å²) in [6, 6.07) is 8.01. The van der Waals surface area contributed by atoms with Crippen molar-refractivity contribution in [3.8, 4) is 0 Å². The van der Waals surface area contributed by atoms with E-state index in [1.807, 2.05) is 24.3 Å². The van der Waals surface area contributed by atoms with Gasteiger partial charge in [-0.1, -0.05) is 19.1 Å². The average molecular weight is 327 g/mol. The van der Waals surface area contributed by atoms with Crippen molar-refractivity contribution in [3.63, 3.8) is 0 Å². The number of rotatable bonds is 3. The summed E-state index contributed by atoms with van der Waals surface area (Å²) >= 11 is 0. The molecule has 5 nitrogen and oxygen atoms in total. The van der Waals surface area contributed by atoms with Crippen LogP contribution in [0.1, 0.15) is 44.9 Å². The van der Waals surface area contributed by atoms with Crippen LogP contribution in [0.25, 0.3) is 11.0 Å². The van der Waals surface area contributed by atoms with E-state index in [0.717, 1.165) is 49.0 Å². The fourth-order valence-electron chi connectivity index (χ4n) is 4.41. The number of nitrogens with zero attached hydrogens (tertiary/aromatic N) is 3. The highest BCUT2D eigenvalue weighted by Gasteiger charge is 2.48. The Kier molecular flexibility index (Phi) is 3.83. The lowest BCUT2D eigenvalue weighted by Crippen LogP contribution is -2.61. The number of hydrogen-bond acceptors (Lipinski definition) is 3. The first kappa shape index (κ1) is 15.6. The van der Waals surface area contributed by atoms with E-state index in [4.69, 9.17) is 0 Å². The second-order valence-corrected chi connectivity index (χ2v) is 7.23. The zero-order chi connectivity index (χ0) is 16.7. The van der Waals surface area contributed by atoms with Gasteiger partial charge in [0.15, 0.2) is 0 Å². The zero-order valence-electron chi connectivity index (χ0n) is 14.2. The van der Waals surface area contributed by atoms with E-state index < -0.39 is 0 Å². The number of aliphatic hydroxyl groups is 1. The maximum absolute atomic E-state index is 13.1. The summed E-state index contributed by atoms with van der Waals surface area (Å²) in [7, 11) is 0. The number of carbonyl (C=O) groups excluding carboxylic acids is 1. The van der Waals surface area contributed by atoms with E-state index in [9.17, 15) is 9.90 Å². The number of aryl methyl sites for hydroxylation is 1. The highest BCUT2D eigenvalue weighted by molar-refractivity contribution is 5.82. The summed E-state index contributed by atoms with van der Waals surface area (Å²) in [5, 5.41) is 10.0. The molecule has 1 N–H and O–H groups in total. The number of hydrogen-bond donors (Lipinski definition) is 1. The number of likely N-dealkylation sites (tertiary alicyclic amines) is 1. The van der Waals surface area contributed by atoms with Crippen LogP contribution < -0.4 is 0 Å². The zero-order valence-corrected chi connectivity index (χ0v) is 14.2. The molecule has 24 heavy (non-hydrogen) atoms. The smallest absolute Gasteiger partial charge is 0.243 e. The normalized spacial score (nSPS) is 22.8. The number of aromatic nitrogens is 2. The summed E-state index contributed by atoms with van der Waals surface area (Å²) in [6.45, 7) is 3.10. The van der Waals surface area contributed by atoms with Crippen LogP contribution in [0.5, 0.6) is 0 Å². The third kappa shape index (κ3) is 2.42. The van der Waals surface area contributed by atoms with Crippen LogP contribution in [0.2, 0.25) is 0 Å². The van der Waals surface area contributed by atoms with Gasteiger partial charge < -0.3 is 14.6 Å². The predicted octanol–water partition coefficient (Wildman–Crippen LogP) is 2.50. The van der Waals surface area contributed by atoms with Gasteiger partial charge in [-0.2, -0.15) is 0 Å². The van der Waals surface area contributed by atoms with Gasteiger partial charge in [0.1, 0.15) is 12.4 Å². The van der Waals surface area contributed by atoms with Crippen LogP contribution in [0, 0.1) is 0 Å². The highest BCUT2D eigenvalue weighted by atomic mass is 16.3. The second kappa shape index (κ2) is 5.88. The van der Waals surface area contributed by atoms with Gasteiger partial charge in [-0.25, -0.2) is 4.98 Å². The SMILES string of the molecule is CCc1nc2ccccc2n1CC(=O)N1CCC(O)CC12CCC2. The maximum Gasteiger partial charge on any atom is 0.243 e. The molecule has 1 aliphatic heterocycles. The van der Waals surface area contributed by atoms with Crippen molar-refractivity contribution < 1.29 is 9.90 Å². The quantitative estimate of drug-likeness (QED) is 0.942. The maximum atomic E-state index is 13.1. The Balaban J connectivity index is 1.62. The van der Waals surface area contributed by atoms with Gasteiger partial charge in [-0.05, 0) is 44.2 Å². The molecule has 1 aromatic carbocycles. The first-order valence-corrected chi connectivity index (χ1v) is 9.06. The lowest BCUT2D eigenvalue weighted by atomic mass is 9.69. The minimum absolute atomic E-state index is 0.0858. The summed E-state index contributed by atoms with van der Waals surface area (Å²) in [4.78, 5) is 19.8. The molecule has 0 radical (unpaired) electrons. The Morgan fingerprint density at radius 1 is 1.38 bits per heavy atom. The van der Waals surface area contributed by atoms with E-state index >= 15 is 0 Å². The molecule has 0 bridgehead atoms. The Morgan fingerprint density at radius 3 is 2.88 bits per heavy atom. The van der Waals surface area contributed by atoms with Gasteiger partial charge in [0.25, 0.3) is 0 Å². The van der Waals surface area contributed by atoms with Crippen molar-refractivity contribution in [2.75, 3.05) is 6.54 Å². The van der Waals surface area contributed by atoms with Gasteiger partial charge in [0.2, 0.25) is 5.91 Å². The summed E-state index contributed by atoms with van der Waals surface area (Å²) in [6.07, 6.45) is 5.20. The van der Waals surface area contributed by atoms with Crippen LogP contribution in [-0.4, -0.2) is 43.7 Å². The van der Waals surface area contributed by atoms with Gasteiger partial charge in [-0.3, -0.25) is 4.79 Å². The molecule has 5 heteroatoms. The van der Waals surface area contributed by atoms with Gasteiger partial charge in [-0.15, -0.1) is 0 Å². The molecule has 128 valence electrons. The molecule has 2 heterocycles. The number of amides is 1. The number of carbonyl (C=O) groups is 1. The van der Waals surface area contributed by atoms with Gasteiger partial charge >= 0.3 is 0 Å².